The van der Waals surface area contributed by atoms with Gasteiger partial charge in [-0.05, 0) is 33.1 Å². The van der Waals surface area contributed by atoms with Gasteiger partial charge in [0.25, 0.3) is 5.56 Å². The minimum Gasteiger partial charge on any atom is -0.478 e. The number of unbranched alkanes of at least 4 members (excludes halogenated alkanes) is 1. The molecule has 1 aliphatic rings. The fourth-order valence-corrected chi connectivity index (χ4v) is 3.14. The maximum atomic E-state index is 12.8. The maximum Gasteiger partial charge on any atom is 0.332 e. The van der Waals surface area contributed by atoms with E-state index in [-0.39, 0.29) is 30.7 Å². The van der Waals surface area contributed by atoms with Gasteiger partial charge in [-0.2, -0.15) is 4.99 Å². The zero-order valence-electron chi connectivity index (χ0n) is 15.6. The Morgan fingerprint density at radius 3 is 2.64 bits per heavy atom. The number of nitrogens with zero attached hydrogens (tertiary/aromatic N) is 3. The van der Waals surface area contributed by atoms with Gasteiger partial charge in [0.2, 0.25) is 0 Å². The van der Waals surface area contributed by atoms with Crippen molar-refractivity contribution >= 4 is 11.7 Å². The molecule has 1 aliphatic heterocycles. The highest BCUT2D eigenvalue weighted by atomic mass is 16.5. The van der Waals surface area contributed by atoms with E-state index in [2.05, 4.69) is 11.9 Å². The minimum absolute atomic E-state index is 0.00798. The molecule has 2 heterocycles. The topological polar surface area (TPSA) is 85.8 Å². The molecule has 7 heteroatoms. The fourth-order valence-electron chi connectivity index (χ4n) is 3.14. The Morgan fingerprint density at radius 1 is 1.32 bits per heavy atom. The van der Waals surface area contributed by atoms with Crippen molar-refractivity contribution in [3.05, 3.63) is 26.4 Å². The van der Waals surface area contributed by atoms with Crippen LogP contribution in [0.4, 0.5) is 5.82 Å². The number of fused-ring (bicyclic) bond motifs is 1. The van der Waals surface area contributed by atoms with Crippen molar-refractivity contribution in [2.24, 2.45) is 18.0 Å². The van der Waals surface area contributed by atoms with Crippen molar-refractivity contribution in [1.82, 2.24) is 9.13 Å². The Labute approximate surface area is 148 Å². The summed E-state index contributed by atoms with van der Waals surface area (Å²) in [6.45, 7) is 6.18. The molecule has 25 heavy (non-hydrogen) atoms. The van der Waals surface area contributed by atoms with E-state index in [0.717, 1.165) is 19.3 Å². The van der Waals surface area contributed by atoms with Crippen molar-refractivity contribution in [2.45, 2.75) is 65.5 Å². The predicted octanol–water partition coefficient (Wildman–Crippen LogP) is 1.75. The smallest absolute Gasteiger partial charge is 0.332 e. The average molecular weight is 351 g/mol. The molecular weight excluding hydrogens is 322 g/mol. The molecule has 0 aliphatic carbocycles. The second kappa shape index (κ2) is 8.47. The van der Waals surface area contributed by atoms with Crippen LogP contribution < -0.4 is 11.2 Å². The Hall–Kier alpha value is -1.89. The molecule has 1 atom stereocenters. The molecule has 7 nitrogen and oxygen atoms in total. The highest BCUT2D eigenvalue weighted by Gasteiger charge is 2.29. The zero-order chi connectivity index (χ0) is 18.6. The Bertz CT molecular complexity index is 746. The third-order valence-corrected chi connectivity index (χ3v) is 4.43. The van der Waals surface area contributed by atoms with E-state index in [4.69, 9.17) is 9.84 Å². The van der Waals surface area contributed by atoms with Crippen molar-refractivity contribution < 1.29 is 9.84 Å². The van der Waals surface area contributed by atoms with Crippen LogP contribution in [0.15, 0.2) is 14.6 Å². The monoisotopic (exact) mass is 351 g/mol. The van der Waals surface area contributed by atoms with Gasteiger partial charge in [-0.1, -0.05) is 19.8 Å². The van der Waals surface area contributed by atoms with Crippen LogP contribution in [0.2, 0.25) is 0 Å². The number of aliphatic hydroxyl groups excluding tert-OH is 1. The standard InChI is InChI=1S/C18H29N3O4/c1-5-6-8-13-11-14-15(19-16(13)25-12(2)3)20(4)18(24)21(17(14)23)9-7-10-22/h12-13,22H,5-11H2,1-4H3. The summed E-state index contributed by atoms with van der Waals surface area (Å²) >= 11 is 0. The third kappa shape index (κ3) is 4.21. The van der Waals surface area contributed by atoms with Gasteiger partial charge in [0.1, 0.15) is 5.82 Å². The van der Waals surface area contributed by atoms with Crippen molar-refractivity contribution in [3.8, 4) is 0 Å². The van der Waals surface area contributed by atoms with Crippen molar-refractivity contribution in [3.63, 3.8) is 0 Å². The van der Waals surface area contributed by atoms with Crippen molar-refractivity contribution in [2.75, 3.05) is 6.61 Å². The summed E-state index contributed by atoms with van der Waals surface area (Å²) < 4.78 is 8.49. The maximum absolute atomic E-state index is 12.8. The van der Waals surface area contributed by atoms with Crippen LogP contribution in [-0.2, 0) is 24.8 Å². The number of ether oxygens (including phenoxy) is 1. The first kappa shape index (κ1) is 19.4. The van der Waals surface area contributed by atoms with Gasteiger partial charge in [0, 0.05) is 26.1 Å². The van der Waals surface area contributed by atoms with E-state index in [9.17, 15) is 9.59 Å². The number of rotatable bonds is 7. The molecule has 140 valence electrons. The molecule has 0 radical (unpaired) electrons. The third-order valence-electron chi connectivity index (χ3n) is 4.43. The summed E-state index contributed by atoms with van der Waals surface area (Å²) in [7, 11) is 1.62. The van der Waals surface area contributed by atoms with E-state index >= 15 is 0 Å². The largest absolute Gasteiger partial charge is 0.478 e. The Kier molecular flexibility index (Phi) is 6.58. The quantitative estimate of drug-likeness (QED) is 0.811. The van der Waals surface area contributed by atoms with Crippen LogP contribution in [0.5, 0.6) is 0 Å². The molecule has 0 fully saturated rings. The fraction of sp³-hybridized carbons (Fsp3) is 0.722. The van der Waals surface area contributed by atoms with Gasteiger partial charge < -0.3 is 9.84 Å². The SMILES string of the molecule is CCCCC1Cc2c(n(C)c(=O)n(CCCO)c2=O)N=C1OC(C)C. The highest BCUT2D eigenvalue weighted by molar-refractivity contribution is 5.84. The molecule has 1 N–H and O–H groups in total. The summed E-state index contributed by atoms with van der Waals surface area (Å²) in [6, 6.07) is 0. The molecule has 0 aromatic carbocycles. The predicted molar refractivity (Wildman–Crippen MR) is 97.7 cm³/mol. The van der Waals surface area contributed by atoms with Crippen molar-refractivity contribution in [1.29, 1.82) is 0 Å². The first-order valence-corrected chi connectivity index (χ1v) is 9.09. The van der Waals surface area contributed by atoms with E-state index in [1.54, 1.807) is 7.05 Å². The lowest BCUT2D eigenvalue weighted by atomic mass is 9.92. The summed E-state index contributed by atoms with van der Waals surface area (Å²) in [4.78, 5) is 29.8. The summed E-state index contributed by atoms with van der Waals surface area (Å²) in [5.74, 6) is 1.09. The van der Waals surface area contributed by atoms with Crippen LogP contribution in [-0.4, -0.2) is 32.8 Å². The average Bonchev–Trinajstić information content (AvgIpc) is 2.58. The zero-order valence-corrected chi connectivity index (χ0v) is 15.6. The van der Waals surface area contributed by atoms with Gasteiger partial charge in [0.05, 0.1) is 11.7 Å². The molecule has 0 saturated heterocycles. The molecule has 0 bridgehead atoms. The van der Waals surface area contributed by atoms with Crippen LogP contribution in [0.1, 0.15) is 52.0 Å². The van der Waals surface area contributed by atoms with Gasteiger partial charge in [0.15, 0.2) is 5.90 Å². The minimum atomic E-state index is -0.406. The Balaban J connectivity index is 2.53. The summed E-state index contributed by atoms with van der Waals surface area (Å²) in [5.41, 5.74) is -0.130. The molecule has 0 amide bonds. The summed E-state index contributed by atoms with van der Waals surface area (Å²) in [6.07, 6.45) is 3.90. The number of aliphatic imine (C=N–C) groups is 1. The first-order valence-electron chi connectivity index (χ1n) is 9.09. The molecular formula is C18H29N3O4. The van der Waals surface area contributed by atoms with Crippen LogP contribution >= 0.6 is 0 Å². The van der Waals surface area contributed by atoms with E-state index in [1.807, 2.05) is 13.8 Å². The molecule has 0 saturated carbocycles. The van der Waals surface area contributed by atoms with Crippen LogP contribution in [0.25, 0.3) is 0 Å². The first-order chi connectivity index (χ1) is 11.9. The van der Waals surface area contributed by atoms with E-state index in [1.165, 1.54) is 9.13 Å². The lowest BCUT2D eigenvalue weighted by Gasteiger charge is -2.27. The second-order valence-electron chi connectivity index (χ2n) is 6.84. The molecule has 0 spiro atoms. The number of aromatic nitrogens is 2. The van der Waals surface area contributed by atoms with Gasteiger partial charge in [-0.3, -0.25) is 13.9 Å². The Morgan fingerprint density at radius 2 is 2.04 bits per heavy atom. The highest BCUT2D eigenvalue weighted by Crippen LogP contribution is 2.28. The van der Waals surface area contributed by atoms with Crippen LogP contribution in [0, 0.1) is 5.92 Å². The number of hydrogen-bond donors (Lipinski definition) is 1. The van der Waals surface area contributed by atoms with E-state index < -0.39 is 5.69 Å². The number of aliphatic hydroxyl groups is 1. The van der Waals surface area contributed by atoms with Crippen LogP contribution in [0.3, 0.4) is 0 Å². The lowest BCUT2D eigenvalue weighted by molar-refractivity contribution is 0.206. The molecule has 1 unspecified atom stereocenters. The van der Waals surface area contributed by atoms with Gasteiger partial charge in [-0.25, -0.2) is 4.79 Å². The lowest BCUT2D eigenvalue weighted by Crippen LogP contribution is -2.43. The molecule has 2 rings (SSSR count). The number of hydrogen-bond acceptors (Lipinski definition) is 5. The van der Waals surface area contributed by atoms with Gasteiger partial charge >= 0.3 is 5.69 Å². The van der Waals surface area contributed by atoms with Gasteiger partial charge in [-0.15, -0.1) is 0 Å². The normalized spacial score (nSPS) is 16.7. The van der Waals surface area contributed by atoms with E-state index in [0.29, 0.717) is 30.1 Å². The molecule has 1 aromatic heterocycles. The molecule has 1 aromatic rings. The second-order valence-corrected chi connectivity index (χ2v) is 6.84. The summed E-state index contributed by atoms with van der Waals surface area (Å²) in [5, 5.41) is 9.01.